The number of nitro groups is 1. The molecule has 4 rings (SSSR count). The molecule has 0 fully saturated rings. The minimum Gasteiger partial charge on any atom is -0.497 e. The summed E-state index contributed by atoms with van der Waals surface area (Å²) < 4.78 is 12.5. The van der Waals surface area contributed by atoms with Crippen LogP contribution in [0.5, 0.6) is 11.5 Å². The first kappa shape index (κ1) is 23.1. The van der Waals surface area contributed by atoms with Crippen molar-refractivity contribution in [3.63, 3.8) is 0 Å². The van der Waals surface area contributed by atoms with Crippen molar-refractivity contribution in [1.82, 2.24) is 9.55 Å². The number of para-hydroxylation sites is 2. The van der Waals surface area contributed by atoms with E-state index in [0.29, 0.717) is 10.9 Å². The zero-order valence-electron chi connectivity index (χ0n) is 18.7. The largest absolute Gasteiger partial charge is 0.497 e. The summed E-state index contributed by atoms with van der Waals surface area (Å²) in [4.78, 5) is 28.4. The first-order valence-corrected chi connectivity index (χ1v) is 11.2. The third-order valence-corrected chi connectivity index (χ3v) is 6.22. The van der Waals surface area contributed by atoms with E-state index in [2.05, 4.69) is 5.32 Å². The highest BCUT2D eigenvalue weighted by Gasteiger charge is 2.22. The summed E-state index contributed by atoms with van der Waals surface area (Å²) in [5.41, 5.74) is 2.68. The maximum absolute atomic E-state index is 13.0. The van der Waals surface area contributed by atoms with Crippen LogP contribution in [0.4, 0.5) is 11.4 Å². The highest BCUT2D eigenvalue weighted by atomic mass is 32.2. The van der Waals surface area contributed by atoms with E-state index in [9.17, 15) is 14.9 Å². The van der Waals surface area contributed by atoms with E-state index in [1.807, 2.05) is 53.1 Å². The molecule has 0 saturated carbocycles. The summed E-state index contributed by atoms with van der Waals surface area (Å²) in [6.07, 6.45) is 0. The summed E-state index contributed by atoms with van der Waals surface area (Å²) in [5.74, 6) is 0.736. The lowest BCUT2D eigenvalue weighted by atomic mass is 10.2. The molecule has 9 nitrogen and oxygen atoms in total. The molecule has 0 radical (unpaired) electrons. The molecule has 10 heteroatoms. The minimum atomic E-state index is -0.558. The van der Waals surface area contributed by atoms with E-state index in [0.717, 1.165) is 22.5 Å². The zero-order valence-corrected chi connectivity index (χ0v) is 19.5. The van der Waals surface area contributed by atoms with Gasteiger partial charge in [0, 0.05) is 17.8 Å². The Balaban J connectivity index is 1.63. The number of fused-ring (bicyclic) bond motifs is 1. The van der Waals surface area contributed by atoms with Crippen LogP contribution in [0, 0.1) is 10.1 Å². The minimum absolute atomic E-state index is 0.141. The standard InChI is InChI=1S/C24H22N4O5S/c1-15(23(29)25-20-14-17(28(30)31)10-13-22(20)33-3)34-24-26-19-6-4-5-7-21(19)27(24)16-8-11-18(32-2)12-9-16/h4-15H,1-3H3,(H,25,29). The fourth-order valence-corrected chi connectivity index (χ4v) is 4.36. The molecule has 0 aliphatic heterocycles. The van der Waals surface area contributed by atoms with Crippen molar-refractivity contribution in [3.8, 4) is 17.2 Å². The van der Waals surface area contributed by atoms with Gasteiger partial charge in [-0.15, -0.1) is 0 Å². The fraction of sp³-hybridized carbons (Fsp3) is 0.167. The average Bonchev–Trinajstić information content (AvgIpc) is 3.21. The number of carbonyl (C=O) groups is 1. The molecular formula is C24H22N4O5S. The predicted molar refractivity (Wildman–Crippen MR) is 131 cm³/mol. The second-order valence-corrected chi connectivity index (χ2v) is 8.62. The number of amides is 1. The van der Waals surface area contributed by atoms with Gasteiger partial charge in [0.15, 0.2) is 5.16 Å². The lowest BCUT2D eigenvalue weighted by Crippen LogP contribution is -2.23. The van der Waals surface area contributed by atoms with E-state index in [1.54, 1.807) is 14.0 Å². The van der Waals surface area contributed by atoms with Crippen molar-refractivity contribution in [1.29, 1.82) is 0 Å². The van der Waals surface area contributed by atoms with Crippen LogP contribution in [-0.4, -0.2) is 39.9 Å². The van der Waals surface area contributed by atoms with Gasteiger partial charge >= 0.3 is 0 Å². The number of hydrogen-bond donors (Lipinski definition) is 1. The van der Waals surface area contributed by atoms with Gasteiger partial charge in [-0.1, -0.05) is 23.9 Å². The van der Waals surface area contributed by atoms with Gasteiger partial charge in [0.25, 0.3) is 5.69 Å². The Hall–Kier alpha value is -4.05. The number of non-ortho nitro benzene ring substituents is 1. The Morgan fingerprint density at radius 2 is 1.82 bits per heavy atom. The van der Waals surface area contributed by atoms with Crippen molar-refractivity contribution in [2.75, 3.05) is 19.5 Å². The first-order chi connectivity index (χ1) is 16.4. The third-order valence-electron chi connectivity index (χ3n) is 5.16. The fourth-order valence-electron chi connectivity index (χ4n) is 3.42. The Kier molecular flexibility index (Phi) is 6.69. The second kappa shape index (κ2) is 9.84. The molecule has 1 amide bonds. The number of benzene rings is 3. The summed E-state index contributed by atoms with van der Waals surface area (Å²) in [6, 6.07) is 19.4. The van der Waals surface area contributed by atoms with Crippen LogP contribution < -0.4 is 14.8 Å². The molecular weight excluding hydrogens is 456 g/mol. The number of thioether (sulfide) groups is 1. The maximum Gasteiger partial charge on any atom is 0.271 e. The molecule has 1 atom stereocenters. The van der Waals surface area contributed by atoms with Crippen molar-refractivity contribution < 1.29 is 19.2 Å². The molecule has 0 spiro atoms. The van der Waals surface area contributed by atoms with Gasteiger partial charge in [0.1, 0.15) is 11.5 Å². The smallest absolute Gasteiger partial charge is 0.271 e. The summed E-state index contributed by atoms with van der Waals surface area (Å²) in [6.45, 7) is 1.75. The molecule has 4 aromatic rings. The predicted octanol–water partition coefficient (Wildman–Crippen LogP) is 5.07. The van der Waals surface area contributed by atoms with Crippen LogP contribution in [0.15, 0.2) is 71.9 Å². The normalized spacial score (nSPS) is 11.7. The number of methoxy groups -OCH3 is 2. The topological polar surface area (TPSA) is 109 Å². The number of rotatable bonds is 8. The van der Waals surface area contributed by atoms with Crippen molar-refractivity contribution in [3.05, 3.63) is 76.8 Å². The zero-order chi connectivity index (χ0) is 24.2. The molecule has 1 aromatic heterocycles. The van der Waals surface area contributed by atoms with Crippen LogP contribution in [0.25, 0.3) is 16.7 Å². The van der Waals surface area contributed by atoms with Gasteiger partial charge in [0.05, 0.1) is 41.1 Å². The number of anilines is 1. The quantitative estimate of drug-likeness (QED) is 0.214. The van der Waals surface area contributed by atoms with Gasteiger partial charge in [-0.05, 0) is 49.4 Å². The van der Waals surface area contributed by atoms with Crippen LogP contribution >= 0.6 is 11.8 Å². The van der Waals surface area contributed by atoms with Crippen LogP contribution in [0.3, 0.4) is 0 Å². The molecule has 0 aliphatic carbocycles. The number of nitro benzene ring substituents is 1. The molecule has 3 aromatic carbocycles. The lowest BCUT2D eigenvalue weighted by Gasteiger charge is -2.15. The summed E-state index contributed by atoms with van der Waals surface area (Å²) in [7, 11) is 3.05. The van der Waals surface area contributed by atoms with E-state index >= 15 is 0 Å². The van der Waals surface area contributed by atoms with Gasteiger partial charge in [-0.25, -0.2) is 4.98 Å². The Morgan fingerprint density at radius 3 is 2.50 bits per heavy atom. The third kappa shape index (κ3) is 4.67. The van der Waals surface area contributed by atoms with E-state index in [4.69, 9.17) is 14.5 Å². The van der Waals surface area contributed by atoms with Gasteiger partial charge < -0.3 is 14.8 Å². The number of nitrogens with one attached hydrogen (secondary N) is 1. The van der Waals surface area contributed by atoms with Crippen molar-refractivity contribution in [2.24, 2.45) is 0 Å². The van der Waals surface area contributed by atoms with E-state index < -0.39 is 10.2 Å². The molecule has 0 saturated heterocycles. The molecule has 174 valence electrons. The number of ether oxygens (including phenoxy) is 2. The molecule has 1 unspecified atom stereocenters. The highest BCUT2D eigenvalue weighted by Crippen LogP contribution is 2.33. The number of carbonyl (C=O) groups excluding carboxylic acids is 1. The van der Waals surface area contributed by atoms with Crippen molar-refractivity contribution >= 4 is 40.1 Å². The molecule has 1 N–H and O–H groups in total. The highest BCUT2D eigenvalue weighted by molar-refractivity contribution is 8.00. The molecule has 0 aliphatic rings. The molecule has 1 heterocycles. The summed E-state index contributed by atoms with van der Waals surface area (Å²) >= 11 is 1.29. The number of aromatic nitrogens is 2. The monoisotopic (exact) mass is 478 g/mol. The lowest BCUT2D eigenvalue weighted by molar-refractivity contribution is -0.384. The van der Waals surface area contributed by atoms with Crippen LogP contribution in [0.2, 0.25) is 0 Å². The maximum atomic E-state index is 13.0. The Morgan fingerprint density at radius 1 is 1.09 bits per heavy atom. The van der Waals surface area contributed by atoms with E-state index in [-0.39, 0.29) is 17.3 Å². The van der Waals surface area contributed by atoms with Crippen LogP contribution in [0.1, 0.15) is 6.92 Å². The summed E-state index contributed by atoms with van der Waals surface area (Å²) in [5, 5.41) is 14.0. The number of hydrogen-bond acceptors (Lipinski definition) is 7. The van der Waals surface area contributed by atoms with Gasteiger partial charge in [-0.2, -0.15) is 0 Å². The SMILES string of the molecule is COc1ccc(-n2c(SC(C)C(=O)Nc3cc([N+](=O)[O-])ccc3OC)nc3ccccc32)cc1. The van der Waals surface area contributed by atoms with E-state index in [1.165, 1.54) is 37.1 Å². The molecule has 0 bridgehead atoms. The van der Waals surface area contributed by atoms with Crippen molar-refractivity contribution in [2.45, 2.75) is 17.3 Å². The second-order valence-electron chi connectivity index (χ2n) is 7.31. The number of nitrogens with zero attached hydrogens (tertiary/aromatic N) is 3. The molecule has 34 heavy (non-hydrogen) atoms. The average molecular weight is 479 g/mol. The first-order valence-electron chi connectivity index (χ1n) is 10.3. The van der Waals surface area contributed by atoms with Gasteiger partial charge in [-0.3, -0.25) is 19.5 Å². The Bertz CT molecular complexity index is 1350. The number of imidazole rings is 1. The van der Waals surface area contributed by atoms with Gasteiger partial charge in [0.2, 0.25) is 5.91 Å². The van der Waals surface area contributed by atoms with Crippen LogP contribution in [-0.2, 0) is 4.79 Å². The Labute approximate surface area is 199 Å².